The summed E-state index contributed by atoms with van der Waals surface area (Å²) in [6, 6.07) is 4.77. The number of rotatable bonds is 2. The fourth-order valence-electron chi connectivity index (χ4n) is 2.22. The Morgan fingerprint density at radius 3 is 2.60 bits per heavy atom. The number of halogens is 1. The quantitative estimate of drug-likeness (QED) is 0.511. The molecule has 0 saturated carbocycles. The second-order valence-corrected chi connectivity index (χ2v) is 5.24. The van der Waals surface area contributed by atoms with Gasteiger partial charge in [0.25, 0.3) is 5.69 Å². The summed E-state index contributed by atoms with van der Waals surface area (Å²) >= 11 is 11.0. The van der Waals surface area contributed by atoms with Crippen molar-refractivity contribution in [2.24, 2.45) is 0 Å². The van der Waals surface area contributed by atoms with Crippen LogP contribution >= 0.6 is 23.8 Å². The van der Waals surface area contributed by atoms with E-state index < -0.39 is 4.92 Å². The van der Waals surface area contributed by atoms with Gasteiger partial charge in [-0.3, -0.25) is 10.1 Å². The third-order valence-corrected chi connectivity index (χ3v) is 3.95. The van der Waals surface area contributed by atoms with Gasteiger partial charge in [0.2, 0.25) is 0 Å². The first kappa shape index (κ1) is 14.8. The smallest absolute Gasteiger partial charge is 0.294 e. The number of nitrogens with one attached hydrogen (secondary N) is 1. The van der Waals surface area contributed by atoms with Crippen LogP contribution in [0, 0.1) is 10.1 Å². The number of nitrogens with zero attached hydrogens (tertiary/aromatic N) is 3. The van der Waals surface area contributed by atoms with Crippen molar-refractivity contribution in [3.05, 3.63) is 33.3 Å². The molecule has 1 aliphatic rings. The number of thiocarbonyl (C=S) groups is 1. The highest BCUT2D eigenvalue weighted by Gasteiger charge is 2.24. The Balaban J connectivity index is 2.15. The van der Waals surface area contributed by atoms with Crippen LogP contribution in [0.1, 0.15) is 0 Å². The van der Waals surface area contributed by atoms with Gasteiger partial charge in [0.15, 0.2) is 5.11 Å². The van der Waals surface area contributed by atoms with Crippen LogP contribution in [0.2, 0.25) is 5.02 Å². The van der Waals surface area contributed by atoms with E-state index in [2.05, 4.69) is 5.32 Å². The van der Waals surface area contributed by atoms with Crippen LogP contribution < -0.4 is 10.2 Å². The molecule has 1 aliphatic heterocycles. The maximum Gasteiger partial charge on any atom is 0.294 e. The van der Waals surface area contributed by atoms with Gasteiger partial charge in [0.1, 0.15) is 5.69 Å². The highest BCUT2D eigenvalue weighted by atomic mass is 35.5. The van der Waals surface area contributed by atoms with Crippen molar-refractivity contribution < 1.29 is 4.92 Å². The van der Waals surface area contributed by atoms with E-state index in [9.17, 15) is 10.1 Å². The summed E-state index contributed by atoms with van der Waals surface area (Å²) in [7, 11) is 1.79. The molecule has 0 amide bonds. The highest BCUT2D eigenvalue weighted by Crippen LogP contribution is 2.31. The Morgan fingerprint density at radius 2 is 2.05 bits per heavy atom. The standard InChI is InChI=1S/C12H15ClN4O2S/c1-14-12(20)16-6-4-15(5-7-16)10-3-2-9(13)8-11(10)17(18)19/h2-3,8H,4-7H2,1H3,(H,14,20). The SMILES string of the molecule is CNC(=S)N1CCN(c2ccc(Cl)cc2[N+](=O)[O-])CC1. The molecule has 0 radical (unpaired) electrons. The second-order valence-electron chi connectivity index (χ2n) is 4.42. The van der Waals surface area contributed by atoms with Gasteiger partial charge < -0.3 is 15.1 Å². The number of piperazine rings is 1. The lowest BCUT2D eigenvalue weighted by molar-refractivity contribution is -0.384. The Hall–Kier alpha value is -1.60. The minimum Gasteiger partial charge on any atom is -0.366 e. The second kappa shape index (κ2) is 6.23. The van der Waals surface area contributed by atoms with Gasteiger partial charge in [-0.25, -0.2) is 0 Å². The van der Waals surface area contributed by atoms with E-state index in [0.29, 0.717) is 28.9 Å². The van der Waals surface area contributed by atoms with Crippen molar-refractivity contribution >= 4 is 40.3 Å². The number of hydrogen-bond acceptors (Lipinski definition) is 4. The van der Waals surface area contributed by atoms with E-state index in [1.807, 2.05) is 9.80 Å². The molecule has 0 unspecified atom stereocenters. The lowest BCUT2D eigenvalue weighted by Gasteiger charge is -2.36. The van der Waals surface area contributed by atoms with Gasteiger partial charge in [0.05, 0.1) is 4.92 Å². The number of nitro groups is 1. The molecule has 8 heteroatoms. The topological polar surface area (TPSA) is 61.6 Å². The average Bonchev–Trinajstić information content (AvgIpc) is 2.46. The van der Waals surface area contributed by atoms with Crippen LogP contribution in [0.3, 0.4) is 0 Å². The lowest BCUT2D eigenvalue weighted by atomic mass is 10.2. The Bertz CT molecular complexity index is 532. The molecule has 0 aromatic heterocycles. The minimum absolute atomic E-state index is 0.0437. The van der Waals surface area contributed by atoms with Gasteiger partial charge in [-0.2, -0.15) is 0 Å². The van der Waals surface area contributed by atoms with Crippen molar-refractivity contribution in [2.45, 2.75) is 0 Å². The maximum atomic E-state index is 11.1. The third kappa shape index (κ3) is 3.10. The third-order valence-electron chi connectivity index (χ3n) is 3.26. The molecule has 1 aromatic rings. The fourth-order valence-corrected chi connectivity index (χ4v) is 2.57. The summed E-state index contributed by atoms with van der Waals surface area (Å²) in [4.78, 5) is 14.8. The Labute approximate surface area is 127 Å². The molecule has 0 spiro atoms. The van der Waals surface area contributed by atoms with Crippen LogP contribution in [-0.4, -0.2) is 48.2 Å². The van der Waals surface area contributed by atoms with E-state index in [1.165, 1.54) is 6.07 Å². The summed E-state index contributed by atoms with van der Waals surface area (Å²) in [6.07, 6.45) is 0. The number of nitro benzene ring substituents is 1. The molecular weight excluding hydrogens is 300 g/mol. The molecule has 20 heavy (non-hydrogen) atoms. The molecule has 1 N–H and O–H groups in total. The number of hydrogen-bond donors (Lipinski definition) is 1. The Kier molecular flexibility index (Phi) is 4.61. The van der Waals surface area contributed by atoms with Gasteiger partial charge in [-0.05, 0) is 24.4 Å². The molecule has 6 nitrogen and oxygen atoms in total. The molecule has 0 bridgehead atoms. The van der Waals surface area contributed by atoms with Crippen molar-refractivity contribution in [2.75, 3.05) is 38.1 Å². The predicted octanol–water partition coefficient (Wildman–Crippen LogP) is 1.87. The first-order valence-electron chi connectivity index (χ1n) is 6.18. The molecule has 108 valence electrons. The lowest BCUT2D eigenvalue weighted by Crippen LogP contribution is -2.51. The first-order valence-corrected chi connectivity index (χ1v) is 6.97. The number of benzene rings is 1. The van der Waals surface area contributed by atoms with Gasteiger partial charge in [0, 0.05) is 44.3 Å². The summed E-state index contributed by atoms with van der Waals surface area (Å²) in [6.45, 7) is 2.84. The molecule has 1 fully saturated rings. The van der Waals surface area contributed by atoms with E-state index in [4.69, 9.17) is 23.8 Å². The highest BCUT2D eigenvalue weighted by molar-refractivity contribution is 7.80. The zero-order chi connectivity index (χ0) is 14.7. The summed E-state index contributed by atoms with van der Waals surface area (Å²) in [5.74, 6) is 0. The van der Waals surface area contributed by atoms with Crippen LogP contribution in [-0.2, 0) is 0 Å². The summed E-state index contributed by atoms with van der Waals surface area (Å²) in [5, 5.41) is 15.1. The average molecular weight is 315 g/mol. The molecule has 1 saturated heterocycles. The van der Waals surface area contributed by atoms with E-state index >= 15 is 0 Å². The first-order chi connectivity index (χ1) is 9.52. The van der Waals surface area contributed by atoms with E-state index in [1.54, 1.807) is 19.2 Å². The van der Waals surface area contributed by atoms with Crippen LogP contribution in [0.5, 0.6) is 0 Å². The predicted molar refractivity (Wildman–Crippen MR) is 83.6 cm³/mol. The fraction of sp³-hybridized carbons (Fsp3) is 0.417. The molecule has 0 aliphatic carbocycles. The van der Waals surface area contributed by atoms with Gasteiger partial charge in [-0.15, -0.1) is 0 Å². The van der Waals surface area contributed by atoms with Crippen LogP contribution in [0.15, 0.2) is 18.2 Å². The maximum absolute atomic E-state index is 11.1. The van der Waals surface area contributed by atoms with Crippen molar-refractivity contribution in [3.63, 3.8) is 0 Å². The Morgan fingerprint density at radius 1 is 1.40 bits per heavy atom. The zero-order valence-electron chi connectivity index (χ0n) is 11.0. The van der Waals surface area contributed by atoms with Gasteiger partial charge >= 0.3 is 0 Å². The van der Waals surface area contributed by atoms with Crippen molar-refractivity contribution in [1.82, 2.24) is 10.2 Å². The summed E-state index contributed by atoms with van der Waals surface area (Å²) in [5.41, 5.74) is 0.650. The number of anilines is 1. The molecule has 1 heterocycles. The normalized spacial score (nSPS) is 15.1. The van der Waals surface area contributed by atoms with E-state index in [0.717, 1.165) is 13.1 Å². The monoisotopic (exact) mass is 314 g/mol. The van der Waals surface area contributed by atoms with Crippen molar-refractivity contribution in [3.8, 4) is 0 Å². The van der Waals surface area contributed by atoms with Crippen LogP contribution in [0.4, 0.5) is 11.4 Å². The van der Waals surface area contributed by atoms with Crippen molar-refractivity contribution in [1.29, 1.82) is 0 Å². The zero-order valence-corrected chi connectivity index (χ0v) is 12.6. The molecule has 0 atom stereocenters. The molecule has 2 rings (SSSR count). The largest absolute Gasteiger partial charge is 0.366 e. The molecule has 1 aromatic carbocycles. The van der Waals surface area contributed by atoms with Crippen LogP contribution in [0.25, 0.3) is 0 Å². The van der Waals surface area contributed by atoms with E-state index in [-0.39, 0.29) is 5.69 Å². The molecular formula is C12H15ClN4O2S. The van der Waals surface area contributed by atoms with Gasteiger partial charge in [-0.1, -0.05) is 11.6 Å². The summed E-state index contributed by atoms with van der Waals surface area (Å²) < 4.78 is 0. The minimum atomic E-state index is -0.397.